The van der Waals surface area contributed by atoms with Gasteiger partial charge in [-0.3, -0.25) is 0 Å². The summed E-state index contributed by atoms with van der Waals surface area (Å²) < 4.78 is 4.83. The Balaban J connectivity index is 3.60. The topological polar surface area (TPSA) is 26.0 Å². The SMILES string of the molecule is Nc1c(I)c(P)c(I)c(I)c1I. The fourth-order valence-corrected chi connectivity index (χ4v) is 5.01. The number of halogens is 4. The highest BCUT2D eigenvalue weighted by molar-refractivity contribution is 14.1. The fraction of sp³-hybridized carbons (Fsp3) is 0. The Morgan fingerprint density at radius 3 is 1.83 bits per heavy atom. The smallest absolute Gasteiger partial charge is 0.0603 e. The summed E-state index contributed by atoms with van der Waals surface area (Å²) in [7, 11) is 2.73. The van der Waals surface area contributed by atoms with Crippen molar-refractivity contribution in [2.24, 2.45) is 0 Å². The minimum Gasteiger partial charge on any atom is -0.397 e. The molecular weight excluding hydrogens is 625 g/mol. The Morgan fingerprint density at radius 2 is 1.33 bits per heavy atom. The summed E-state index contributed by atoms with van der Waals surface area (Å²) in [5.41, 5.74) is 6.81. The number of hydrogen-bond donors (Lipinski definition) is 1. The van der Waals surface area contributed by atoms with E-state index in [0.717, 1.165) is 12.8 Å². The monoisotopic (exact) mass is 629 g/mol. The van der Waals surface area contributed by atoms with Crippen molar-refractivity contribution < 1.29 is 0 Å². The van der Waals surface area contributed by atoms with Gasteiger partial charge in [0.25, 0.3) is 0 Å². The summed E-state index contributed by atoms with van der Waals surface area (Å²) in [6, 6.07) is 0. The maximum Gasteiger partial charge on any atom is 0.0603 e. The Morgan fingerprint density at radius 1 is 0.833 bits per heavy atom. The lowest BCUT2D eigenvalue weighted by Gasteiger charge is -2.10. The second-order valence-corrected chi connectivity index (χ2v) is 6.98. The van der Waals surface area contributed by atoms with Crippen LogP contribution in [0.25, 0.3) is 0 Å². The summed E-state index contributed by atoms with van der Waals surface area (Å²) in [5.74, 6) is 0. The molecule has 0 amide bonds. The van der Waals surface area contributed by atoms with Gasteiger partial charge < -0.3 is 5.73 Å². The van der Waals surface area contributed by atoms with Gasteiger partial charge in [0.2, 0.25) is 0 Å². The van der Waals surface area contributed by atoms with Crippen LogP contribution < -0.4 is 11.0 Å². The molecule has 0 saturated heterocycles. The van der Waals surface area contributed by atoms with E-state index in [-0.39, 0.29) is 0 Å². The molecule has 0 heterocycles. The average molecular weight is 629 g/mol. The predicted molar refractivity (Wildman–Crippen MR) is 91.1 cm³/mol. The molecule has 0 aromatic heterocycles. The lowest BCUT2D eigenvalue weighted by molar-refractivity contribution is 1.53. The maximum absolute atomic E-state index is 5.92. The van der Waals surface area contributed by atoms with Crippen LogP contribution in [0.1, 0.15) is 0 Å². The van der Waals surface area contributed by atoms with Crippen LogP contribution in [-0.2, 0) is 0 Å². The van der Waals surface area contributed by atoms with Gasteiger partial charge in [-0.15, -0.1) is 9.24 Å². The zero-order valence-electron chi connectivity index (χ0n) is 5.67. The molecular formula is C6H4I4NP. The second kappa shape index (κ2) is 4.93. The molecule has 1 nitrogen and oxygen atoms in total. The Bertz CT molecular complexity index is 234. The number of rotatable bonds is 0. The molecule has 1 aromatic carbocycles. The Labute approximate surface area is 128 Å². The molecule has 0 bridgehead atoms. The molecule has 0 saturated carbocycles. The van der Waals surface area contributed by atoms with Gasteiger partial charge in [-0.1, -0.05) is 0 Å². The van der Waals surface area contributed by atoms with E-state index >= 15 is 0 Å². The lowest BCUT2D eigenvalue weighted by Crippen LogP contribution is -2.11. The van der Waals surface area contributed by atoms with Crippen LogP contribution in [0.2, 0.25) is 0 Å². The number of nitrogen functional groups attached to an aromatic ring is 1. The first kappa shape index (κ1) is 12.4. The number of anilines is 1. The molecule has 1 rings (SSSR count). The molecule has 0 aliphatic carbocycles. The first-order chi connectivity index (χ1) is 5.46. The van der Waals surface area contributed by atoms with Crippen molar-refractivity contribution in [3.63, 3.8) is 0 Å². The molecule has 12 heavy (non-hydrogen) atoms. The van der Waals surface area contributed by atoms with Gasteiger partial charge in [-0.05, 0) is 95.7 Å². The predicted octanol–water partition coefficient (Wildman–Crippen LogP) is 3.19. The minimum absolute atomic E-state index is 0.894. The summed E-state index contributed by atoms with van der Waals surface area (Å²) in [5, 5.41) is 1.21. The van der Waals surface area contributed by atoms with Crippen LogP contribution in [0.3, 0.4) is 0 Å². The molecule has 0 aliphatic heterocycles. The van der Waals surface area contributed by atoms with Crippen molar-refractivity contribution in [2.45, 2.75) is 0 Å². The van der Waals surface area contributed by atoms with E-state index in [1.165, 1.54) is 12.4 Å². The summed E-state index contributed by atoms with van der Waals surface area (Å²) in [6.45, 7) is 0. The van der Waals surface area contributed by atoms with E-state index < -0.39 is 0 Å². The van der Waals surface area contributed by atoms with Gasteiger partial charge in [0.05, 0.1) is 9.26 Å². The van der Waals surface area contributed by atoms with Crippen molar-refractivity contribution in [1.82, 2.24) is 0 Å². The third kappa shape index (κ3) is 2.30. The van der Waals surface area contributed by atoms with Crippen LogP contribution in [0.15, 0.2) is 0 Å². The molecule has 2 N–H and O–H groups in total. The lowest BCUT2D eigenvalue weighted by atomic mass is 10.3. The molecule has 6 heteroatoms. The summed E-state index contributed by atoms with van der Waals surface area (Å²) >= 11 is 9.23. The van der Waals surface area contributed by atoms with E-state index in [1.807, 2.05) is 0 Å². The molecule has 0 radical (unpaired) electrons. The first-order valence-electron chi connectivity index (χ1n) is 2.83. The van der Waals surface area contributed by atoms with E-state index in [9.17, 15) is 0 Å². The molecule has 66 valence electrons. The Hall–Kier alpha value is 2.37. The molecule has 0 aliphatic rings. The van der Waals surface area contributed by atoms with Gasteiger partial charge >= 0.3 is 0 Å². The summed E-state index contributed by atoms with van der Waals surface area (Å²) in [4.78, 5) is 0. The van der Waals surface area contributed by atoms with E-state index in [1.54, 1.807) is 0 Å². The second-order valence-electron chi connectivity index (χ2n) is 2.08. The van der Waals surface area contributed by atoms with Crippen LogP contribution in [0.4, 0.5) is 5.69 Å². The first-order valence-corrected chi connectivity index (χ1v) is 7.73. The van der Waals surface area contributed by atoms with Crippen molar-refractivity contribution in [3.05, 3.63) is 14.3 Å². The zero-order valence-corrected chi connectivity index (χ0v) is 15.5. The average Bonchev–Trinajstić information content (AvgIpc) is 2.08. The van der Waals surface area contributed by atoms with Crippen molar-refractivity contribution in [2.75, 3.05) is 5.73 Å². The molecule has 1 atom stereocenters. The maximum atomic E-state index is 5.92. The van der Waals surface area contributed by atoms with Crippen LogP contribution in [-0.4, -0.2) is 0 Å². The van der Waals surface area contributed by atoms with Crippen LogP contribution in [0.5, 0.6) is 0 Å². The Kier molecular flexibility index (Phi) is 5.11. The van der Waals surface area contributed by atoms with Gasteiger partial charge in [0.1, 0.15) is 0 Å². The zero-order chi connectivity index (χ0) is 9.46. The minimum atomic E-state index is 0.894. The number of nitrogens with two attached hydrogens (primary N) is 1. The highest BCUT2D eigenvalue weighted by Gasteiger charge is 2.13. The highest BCUT2D eigenvalue weighted by Crippen LogP contribution is 2.30. The van der Waals surface area contributed by atoms with Crippen molar-refractivity contribution >= 4 is 111 Å². The van der Waals surface area contributed by atoms with Gasteiger partial charge in [0, 0.05) is 10.7 Å². The third-order valence-electron chi connectivity index (χ3n) is 1.33. The van der Waals surface area contributed by atoms with Gasteiger partial charge in [0.15, 0.2) is 0 Å². The largest absolute Gasteiger partial charge is 0.397 e. The third-order valence-corrected chi connectivity index (χ3v) is 9.63. The van der Waals surface area contributed by atoms with E-state index in [0.29, 0.717) is 0 Å². The van der Waals surface area contributed by atoms with E-state index in [2.05, 4.69) is 99.6 Å². The van der Waals surface area contributed by atoms with Gasteiger partial charge in [-0.25, -0.2) is 0 Å². The van der Waals surface area contributed by atoms with Crippen molar-refractivity contribution in [1.29, 1.82) is 0 Å². The van der Waals surface area contributed by atoms with Crippen LogP contribution in [0, 0.1) is 14.3 Å². The molecule has 1 aromatic rings. The quantitative estimate of drug-likeness (QED) is 0.154. The standard InChI is InChI=1S/C6H4I4NP/c7-1-2(8)5(11)4(10)6(12)3(1)9/h11-12H2. The highest BCUT2D eigenvalue weighted by atomic mass is 127. The number of benzene rings is 1. The number of hydrogen-bond acceptors (Lipinski definition) is 1. The van der Waals surface area contributed by atoms with E-state index in [4.69, 9.17) is 5.73 Å². The fourth-order valence-electron chi connectivity index (χ4n) is 0.671. The van der Waals surface area contributed by atoms with Crippen molar-refractivity contribution in [3.8, 4) is 0 Å². The van der Waals surface area contributed by atoms with Gasteiger partial charge in [-0.2, -0.15) is 0 Å². The van der Waals surface area contributed by atoms with Crippen LogP contribution >= 0.6 is 99.6 Å². The summed E-state index contributed by atoms with van der Waals surface area (Å²) in [6.07, 6.45) is 0. The normalized spacial score (nSPS) is 10.4. The molecule has 0 fully saturated rings. The molecule has 0 spiro atoms. The molecule has 1 unspecified atom stereocenters.